The fourth-order valence-corrected chi connectivity index (χ4v) is 3.92. The molecule has 0 saturated carbocycles. The van der Waals surface area contributed by atoms with Crippen LogP contribution in [0.2, 0.25) is 0 Å². The molecule has 0 fully saturated rings. The summed E-state index contributed by atoms with van der Waals surface area (Å²) in [6, 6.07) is 21.2. The summed E-state index contributed by atoms with van der Waals surface area (Å²) in [4.78, 5) is 7.03. The first-order valence-corrected chi connectivity index (χ1v) is 9.69. The van der Waals surface area contributed by atoms with Crippen molar-refractivity contribution in [2.24, 2.45) is 0 Å². The van der Waals surface area contributed by atoms with Gasteiger partial charge in [0.2, 0.25) is 0 Å². The number of hydrogen-bond acceptors (Lipinski definition) is 3. The van der Waals surface area contributed by atoms with Crippen LogP contribution in [-0.2, 0) is 0 Å². The topological polar surface area (TPSA) is 33.4 Å². The molecule has 0 radical (unpaired) electrons. The van der Waals surface area contributed by atoms with Gasteiger partial charge in [0.1, 0.15) is 5.52 Å². The number of rotatable bonds is 3. The van der Waals surface area contributed by atoms with Crippen LogP contribution in [0, 0.1) is 6.92 Å². The molecule has 4 heteroatoms. The second-order valence-corrected chi connectivity index (χ2v) is 7.22. The maximum atomic E-state index is 4.80. The fourth-order valence-electron chi connectivity index (χ4n) is 3.92. The van der Waals surface area contributed by atoms with Gasteiger partial charge in [0, 0.05) is 31.0 Å². The van der Waals surface area contributed by atoms with Crippen molar-refractivity contribution in [1.82, 2.24) is 14.6 Å². The van der Waals surface area contributed by atoms with Crippen LogP contribution in [0.5, 0.6) is 0 Å². The number of fused-ring (bicyclic) bond motifs is 1. The van der Waals surface area contributed by atoms with Crippen molar-refractivity contribution >= 4 is 16.9 Å². The van der Waals surface area contributed by atoms with Gasteiger partial charge in [-0.3, -0.25) is 0 Å². The minimum Gasteiger partial charge on any atom is -0.351 e. The summed E-state index contributed by atoms with van der Waals surface area (Å²) in [5.74, 6) is 0.998. The Hall–Kier alpha value is -3.40. The third-order valence-corrected chi connectivity index (χ3v) is 5.44. The molecule has 0 saturated heterocycles. The first-order chi connectivity index (χ1) is 13.8. The smallest absolute Gasteiger partial charge is 0.154 e. The lowest BCUT2D eigenvalue weighted by molar-refractivity contribution is 0.811. The highest BCUT2D eigenvalue weighted by atomic mass is 15.3. The summed E-state index contributed by atoms with van der Waals surface area (Å²) in [6.45, 7) is 3.94. The maximum Gasteiger partial charge on any atom is 0.154 e. The van der Waals surface area contributed by atoms with E-state index in [-0.39, 0.29) is 0 Å². The largest absolute Gasteiger partial charge is 0.351 e. The predicted octanol–water partition coefficient (Wildman–Crippen LogP) is 5.00. The molecule has 0 spiro atoms. The van der Waals surface area contributed by atoms with Crippen molar-refractivity contribution in [3.63, 3.8) is 0 Å². The molecule has 1 aliphatic rings. The van der Waals surface area contributed by atoms with E-state index in [1.807, 2.05) is 16.9 Å². The van der Waals surface area contributed by atoms with Crippen LogP contribution in [0.15, 0.2) is 79.1 Å². The molecule has 5 rings (SSSR count). The van der Waals surface area contributed by atoms with Crippen LogP contribution in [0.4, 0.5) is 5.82 Å². The molecule has 2 aromatic heterocycles. The molecule has 0 unspecified atom stereocenters. The number of hydrogen-bond donors (Lipinski definition) is 0. The molecular weight excluding hydrogens is 344 g/mol. The van der Waals surface area contributed by atoms with E-state index in [0.717, 1.165) is 36.5 Å². The van der Waals surface area contributed by atoms with Crippen LogP contribution in [-0.4, -0.2) is 27.7 Å². The summed E-state index contributed by atoms with van der Waals surface area (Å²) in [6.07, 6.45) is 7.11. The minimum absolute atomic E-state index is 0.863. The molecule has 0 bridgehead atoms. The second kappa shape index (κ2) is 6.97. The molecule has 2 aromatic carbocycles. The van der Waals surface area contributed by atoms with Gasteiger partial charge in [-0.15, -0.1) is 0 Å². The van der Waals surface area contributed by atoms with Crippen molar-refractivity contribution in [3.8, 4) is 11.3 Å². The van der Waals surface area contributed by atoms with Crippen LogP contribution in [0.3, 0.4) is 0 Å². The molecule has 3 heterocycles. The number of anilines is 1. The summed E-state index contributed by atoms with van der Waals surface area (Å²) >= 11 is 0. The molecule has 28 heavy (non-hydrogen) atoms. The quantitative estimate of drug-likeness (QED) is 0.512. The Morgan fingerprint density at radius 3 is 2.57 bits per heavy atom. The first kappa shape index (κ1) is 16.8. The molecule has 4 aromatic rings. The van der Waals surface area contributed by atoms with Gasteiger partial charge in [0.05, 0.1) is 5.69 Å². The van der Waals surface area contributed by atoms with E-state index < -0.39 is 0 Å². The molecule has 0 N–H and O–H groups in total. The zero-order chi connectivity index (χ0) is 18.9. The SMILES string of the molecule is Cc1ccccc1-c1cc2c(N3CC=C(c4ccccc4)CC3)nccn2n1. The predicted molar refractivity (Wildman–Crippen MR) is 114 cm³/mol. The number of aromatic nitrogens is 3. The Morgan fingerprint density at radius 2 is 1.79 bits per heavy atom. The first-order valence-electron chi connectivity index (χ1n) is 9.69. The highest BCUT2D eigenvalue weighted by Crippen LogP contribution is 2.29. The Labute approximate surface area is 164 Å². The Bertz CT molecular complexity index is 1160. The van der Waals surface area contributed by atoms with Gasteiger partial charge in [-0.1, -0.05) is 60.7 Å². The summed E-state index contributed by atoms with van der Waals surface area (Å²) < 4.78 is 1.94. The third-order valence-electron chi connectivity index (χ3n) is 5.44. The Kier molecular flexibility index (Phi) is 4.17. The van der Waals surface area contributed by atoms with E-state index in [9.17, 15) is 0 Å². The van der Waals surface area contributed by atoms with Crippen LogP contribution in [0.1, 0.15) is 17.5 Å². The summed E-state index contributed by atoms with van der Waals surface area (Å²) in [5.41, 5.74) is 7.18. The number of aryl methyl sites for hydroxylation is 1. The zero-order valence-electron chi connectivity index (χ0n) is 15.9. The van der Waals surface area contributed by atoms with Crippen LogP contribution in [0.25, 0.3) is 22.3 Å². The number of benzene rings is 2. The van der Waals surface area contributed by atoms with E-state index in [0.29, 0.717) is 0 Å². The third kappa shape index (κ3) is 2.97. The average molecular weight is 366 g/mol. The Morgan fingerprint density at radius 1 is 0.964 bits per heavy atom. The zero-order valence-corrected chi connectivity index (χ0v) is 15.9. The van der Waals surface area contributed by atoms with E-state index in [2.05, 4.69) is 78.6 Å². The van der Waals surface area contributed by atoms with Gasteiger partial charge in [-0.05, 0) is 36.1 Å². The lowest BCUT2D eigenvalue weighted by Gasteiger charge is -2.28. The van der Waals surface area contributed by atoms with E-state index >= 15 is 0 Å². The molecule has 138 valence electrons. The Balaban J connectivity index is 1.49. The van der Waals surface area contributed by atoms with Crippen molar-refractivity contribution < 1.29 is 0 Å². The highest BCUT2D eigenvalue weighted by Gasteiger charge is 2.18. The van der Waals surface area contributed by atoms with Gasteiger partial charge in [-0.25, -0.2) is 9.50 Å². The lowest BCUT2D eigenvalue weighted by Crippen LogP contribution is -2.29. The molecule has 0 atom stereocenters. The average Bonchev–Trinajstić information content (AvgIpc) is 3.19. The number of nitrogens with zero attached hydrogens (tertiary/aromatic N) is 4. The van der Waals surface area contributed by atoms with Crippen molar-refractivity contribution in [3.05, 3.63) is 90.3 Å². The van der Waals surface area contributed by atoms with E-state index in [1.54, 1.807) is 0 Å². The van der Waals surface area contributed by atoms with Gasteiger partial charge >= 0.3 is 0 Å². The second-order valence-electron chi connectivity index (χ2n) is 7.22. The van der Waals surface area contributed by atoms with Crippen molar-refractivity contribution in [2.45, 2.75) is 13.3 Å². The van der Waals surface area contributed by atoms with Gasteiger partial charge in [-0.2, -0.15) is 5.10 Å². The van der Waals surface area contributed by atoms with Crippen LogP contribution >= 0.6 is 0 Å². The van der Waals surface area contributed by atoms with Crippen molar-refractivity contribution in [2.75, 3.05) is 18.0 Å². The maximum absolute atomic E-state index is 4.80. The summed E-state index contributed by atoms with van der Waals surface area (Å²) in [7, 11) is 0. The molecular formula is C24H22N4. The van der Waals surface area contributed by atoms with Crippen LogP contribution < -0.4 is 4.90 Å². The molecule has 0 amide bonds. The summed E-state index contributed by atoms with van der Waals surface area (Å²) in [5, 5.41) is 4.80. The standard InChI is InChI=1S/C24H22N4/c1-18-7-5-6-10-21(18)22-17-23-24(25-13-16-28(23)26-22)27-14-11-20(12-15-27)19-8-3-2-4-9-19/h2-11,13,16-17H,12,14-15H2,1H3. The molecule has 1 aliphatic heterocycles. The van der Waals surface area contributed by atoms with Gasteiger partial charge in [0.15, 0.2) is 5.82 Å². The highest BCUT2D eigenvalue weighted by molar-refractivity contribution is 5.77. The lowest BCUT2D eigenvalue weighted by atomic mass is 9.99. The monoisotopic (exact) mass is 366 g/mol. The van der Waals surface area contributed by atoms with Gasteiger partial charge in [0.25, 0.3) is 0 Å². The normalized spacial score (nSPS) is 14.3. The van der Waals surface area contributed by atoms with Gasteiger partial charge < -0.3 is 4.90 Å². The minimum atomic E-state index is 0.863. The fraction of sp³-hybridized carbons (Fsp3) is 0.167. The van der Waals surface area contributed by atoms with E-state index in [1.165, 1.54) is 22.3 Å². The van der Waals surface area contributed by atoms with Crippen molar-refractivity contribution in [1.29, 1.82) is 0 Å². The molecule has 4 nitrogen and oxygen atoms in total. The molecule has 0 aliphatic carbocycles. The van der Waals surface area contributed by atoms with E-state index in [4.69, 9.17) is 10.1 Å².